The molecule has 0 aliphatic heterocycles. The van der Waals surface area contributed by atoms with Crippen LogP contribution >= 0.6 is 0 Å². The van der Waals surface area contributed by atoms with Crippen molar-refractivity contribution in [1.82, 2.24) is 20.5 Å². The van der Waals surface area contributed by atoms with Gasteiger partial charge in [-0.05, 0) is 55.5 Å². The molecule has 1 saturated carbocycles. The molecule has 26 heavy (non-hydrogen) atoms. The molecule has 1 aromatic carbocycles. The predicted molar refractivity (Wildman–Crippen MR) is 95.9 cm³/mol. The lowest BCUT2D eigenvalue weighted by Gasteiger charge is -2.18. The number of carbonyl (C=O) groups excluding carboxylic acids is 1. The van der Waals surface area contributed by atoms with E-state index in [1.165, 1.54) is 18.3 Å². The first-order valence-electron chi connectivity index (χ1n) is 8.64. The number of aromatic amines is 1. The van der Waals surface area contributed by atoms with E-state index < -0.39 is 0 Å². The zero-order valence-electron chi connectivity index (χ0n) is 14.4. The third-order valence-electron chi connectivity index (χ3n) is 4.63. The molecule has 0 unspecified atom stereocenters. The van der Waals surface area contributed by atoms with Gasteiger partial charge in [-0.1, -0.05) is 12.1 Å². The fraction of sp³-hybridized carbons (Fsp3) is 0.250. The number of hydrogen-bond donors (Lipinski definition) is 2. The Balaban J connectivity index is 1.61. The minimum absolute atomic E-state index is 0.127. The highest BCUT2D eigenvalue weighted by Crippen LogP contribution is 2.40. The lowest BCUT2D eigenvalue weighted by molar-refractivity contribution is 0.0931. The Labute approximate surface area is 150 Å². The minimum atomic E-state index is -0.358. The Kier molecular flexibility index (Phi) is 4.24. The minimum Gasteiger partial charge on any atom is -0.343 e. The van der Waals surface area contributed by atoms with Gasteiger partial charge in [-0.2, -0.15) is 5.10 Å². The predicted octanol–water partition coefficient (Wildman–Crippen LogP) is 3.80. The summed E-state index contributed by atoms with van der Waals surface area (Å²) < 4.78 is 13.5. The number of halogens is 1. The molecule has 0 bridgehead atoms. The van der Waals surface area contributed by atoms with Crippen molar-refractivity contribution in [3.63, 3.8) is 0 Å². The van der Waals surface area contributed by atoms with E-state index >= 15 is 0 Å². The molecule has 0 radical (unpaired) electrons. The number of H-pyrrole nitrogens is 1. The van der Waals surface area contributed by atoms with Crippen molar-refractivity contribution in [2.24, 2.45) is 5.92 Å². The first-order chi connectivity index (χ1) is 12.6. The van der Waals surface area contributed by atoms with Gasteiger partial charge in [0.15, 0.2) is 0 Å². The van der Waals surface area contributed by atoms with Gasteiger partial charge in [0, 0.05) is 11.8 Å². The number of nitrogens with zero attached hydrogens (tertiary/aromatic N) is 2. The molecule has 1 fully saturated rings. The fourth-order valence-electron chi connectivity index (χ4n) is 3.13. The Morgan fingerprint density at radius 2 is 2.15 bits per heavy atom. The Hall–Kier alpha value is -3.02. The number of aromatic nitrogens is 3. The summed E-state index contributed by atoms with van der Waals surface area (Å²) in [4.78, 5) is 17.3. The molecule has 0 saturated heterocycles. The summed E-state index contributed by atoms with van der Waals surface area (Å²) in [6, 6.07) is 9.92. The Bertz CT molecular complexity index is 948. The zero-order chi connectivity index (χ0) is 18.1. The van der Waals surface area contributed by atoms with Gasteiger partial charge in [-0.15, -0.1) is 0 Å². The van der Waals surface area contributed by atoms with Crippen LogP contribution in [-0.4, -0.2) is 21.1 Å². The monoisotopic (exact) mass is 350 g/mol. The number of amides is 1. The van der Waals surface area contributed by atoms with Crippen LogP contribution in [-0.2, 0) is 0 Å². The van der Waals surface area contributed by atoms with E-state index in [1.807, 2.05) is 19.1 Å². The number of aryl methyl sites for hydroxylation is 1. The molecule has 0 spiro atoms. The average molecular weight is 350 g/mol. The van der Waals surface area contributed by atoms with Gasteiger partial charge >= 0.3 is 0 Å². The van der Waals surface area contributed by atoms with Crippen LogP contribution in [0, 0.1) is 18.7 Å². The largest absolute Gasteiger partial charge is 0.343 e. The summed E-state index contributed by atoms with van der Waals surface area (Å²) in [6.07, 6.45) is 5.39. The van der Waals surface area contributed by atoms with E-state index in [2.05, 4.69) is 20.5 Å². The van der Waals surface area contributed by atoms with E-state index in [9.17, 15) is 9.18 Å². The summed E-state index contributed by atoms with van der Waals surface area (Å²) in [5, 5.41) is 9.88. The SMILES string of the molecule is Cc1ccnc([C@H](NC(=O)c2cn[nH]c2-c2cccc(F)c2)C2CC2)c1. The standard InChI is InChI=1S/C20H19FN4O/c1-12-7-8-22-17(9-12)19(13-5-6-13)24-20(26)16-11-23-25-18(16)14-3-2-4-15(21)10-14/h2-4,7-11,13,19H,5-6H2,1H3,(H,23,25)(H,24,26)/t19-/m1/s1. The lowest BCUT2D eigenvalue weighted by Crippen LogP contribution is -2.30. The van der Waals surface area contributed by atoms with Crippen molar-refractivity contribution in [3.05, 3.63) is 71.4 Å². The molecular formula is C20H19FN4O. The van der Waals surface area contributed by atoms with E-state index in [1.54, 1.807) is 18.3 Å². The molecule has 2 heterocycles. The quantitative estimate of drug-likeness (QED) is 0.735. The Morgan fingerprint density at radius 1 is 1.31 bits per heavy atom. The van der Waals surface area contributed by atoms with E-state index in [0.717, 1.165) is 24.1 Å². The van der Waals surface area contributed by atoms with Crippen molar-refractivity contribution < 1.29 is 9.18 Å². The second-order valence-corrected chi connectivity index (χ2v) is 6.72. The van der Waals surface area contributed by atoms with Gasteiger partial charge < -0.3 is 5.32 Å². The summed E-state index contributed by atoms with van der Waals surface area (Å²) in [6.45, 7) is 2.01. The van der Waals surface area contributed by atoms with Crippen molar-refractivity contribution >= 4 is 5.91 Å². The van der Waals surface area contributed by atoms with Crippen LogP contribution in [0.5, 0.6) is 0 Å². The van der Waals surface area contributed by atoms with E-state index in [0.29, 0.717) is 22.7 Å². The van der Waals surface area contributed by atoms with E-state index in [-0.39, 0.29) is 17.8 Å². The third kappa shape index (κ3) is 3.35. The second-order valence-electron chi connectivity index (χ2n) is 6.72. The highest BCUT2D eigenvalue weighted by atomic mass is 19.1. The van der Waals surface area contributed by atoms with Gasteiger partial charge in [0.1, 0.15) is 5.82 Å². The molecule has 1 aliphatic carbocycles. The normalized spacial score (nSPS) is 14.8. The number of carbonyl (C=O) groups is 1. The first kappa shape index (κ1) is 16.4. The molecule has 6 heteroatoms. The highest BCUT2D eigenvalue weighted by molar-refractivity contribution is 5.99. The third-order valence-corrected chi connectivity index (χ3v) is 4.63. The molecule has 2 aromatic heterocycles. The van der Waals surface area contributed by atoms with Crippen LogP contribution in [0.25, 0.3) is 11.3 Å². The van der Waals surface area contributed by atoms with Crippen LogP contribution in [0.4, 0.5) is 4.39 Å². The van der Waals surface area contributed by atoms with Crippen molar-refractivity contribution in [3.8, 4) is 11.3 Å². The second kappa shape index (κ2) is 6.71. The molecule has 4 rings (SSSR count). The molecular weight excluding hydrogens is 331 g/mol. The van der Waals surface area contributed by atoms with Gasteiger partial charge in [0.25, 0.3) is 5.91 Å². The van der Waals surface area contributed by atoms with Crippen LogP contribution in [0.15, 0.2) is 48.8 Å². The number of rotatable bonds is 5. The summed E-state index contributed by atoms with van der Waals surface area (Å²) in [7, 11) is 0. The fourth-order valence-corrected chi connectivity index (χ4v) is 3.13. The molecule has 132 valence electrons. The van der Waals surface area contributed by atoms with Gasteiger partial charge in [-0.25, -0.2) is 4.39 Å². The zero-order valence-corrected chi connectivity index (χ0v) is 14.4. The molecule has 2 N–H and O–H groups in total. The van der Waals surface area contributed by atoms with Gasteiger partial charge in [0.2, 0.25) is 0 Å². The smallest absolute Gasteiger partial charge is 0.255 e. The lowest BCUT2D eigenvalue weighted by atomic mass is 10.0. The topological polar surface area (TPSA) is 70.7 Å². The van der Waals surface area contributed by atoms with Crippen LogP contribution < -0.4 is 5.32 Å². The van der Waals surface area contributed by atoms with Crippen molar-refractivity contribution in [1.29, 1.82) is 0 Å². The van der Waals surface area contributed by atoms with Gasteiger partial charge in [-0.3, -0.25) is 14.9 Å². The van der Waals surface area contributed by atoms with Gasteiger partial charge in [0.05, 0.1) is 29.2 Å². The van der Waals surface area contributed by atoms with Crippen LogP contribution in [0.1, 0.15) is 40.5 Å². The van der Waals surface area contributed by atoms with Crippen LogP contribution in [0.2, 0.25) is 0 Å². The number of hydrogen-bond acceptors (Lipinski definition) is 3. The average Bonchev–Trinajstić information content (AvgIpc) is 3.34. The molecule has 1 amide bonds. The summed E-state index contributed by atoms with van der Waals surface area (Å²) >= 11 is 0. The highest BCUT2D eigenvalue weighted by Gasteiger charge is 2.35. The summed E-state index contributed by atoms with van der Waals surface area (Å²) in [5.74, 6) is -0.195. The van der Waals surface area contributed by atoms with Crippen molar-refractivity contribution in [2.45, 2.75) is 25.8 Å². The maximum Gasteiger partial charge on any atom is 0.255 e. The molecule has 3 aromatic rings. The molecule has 1 atom stereocenters. The summed E-state index contributed by atoms with van der Waals surface area (Å²) in [5.41, 5.74) is 3.47. The number of pyridine rings is 1. The molecule has 5 nitrogen and oxygen atoms in total. The number of nitrogens with one attached hydrogen (secondary N) is 2. The molecule has 1 aliphatic rings. The maximum absolute atomic E-state index is 13.5. The number of benzene rings is 1. The maximum atomic E-state index is 13.5. The van der Waals surface area contributed by atoms with Crippen LogP contribution in [0.3, 0.4) is 0 Å². The first-order valence-corrected chi connectivity index (χ1v) is 8.64. The van der Waals surface area contributed by atoms with E-state index in [4.69, 9.17) is 0 Å². The van der Waals surface area contributed by atoms with Crippen molar-refractivity contribution in [2.75, 3.05) is 0 Å². The Morgan fingerprint density at radius 3 is 2.88 bits per heavy atom.